The highest BCUT2D eigenvalue weighted by Gasteiger charge is 2.10. The summed E-state index contributed by atoms with van der Waals surface area (Å²) in [5.41, 5.74) is 2.38. The smallest absolute Gasteiger partial charge is 0.142 e. The third-order valence-corrected chi connectivity index (χ3v) is 3.63. The van der Waals surface area contributed by atoms with Crippen LogP contribution in [-0.2, 0) is 12.8 Å². The van der Waals surface area contributed by atoms with Crippen LogP contribution in [0.2, 0.25) is 0 Å². The molecule has 0 saturated carbocycles. The van der Waals surface area contributed by atoms with Gasteiger partial charge in [0.05, 0.1) is 0 Å². The number of fused-ring (bicyclic) bond motifs is 1. The highest BCUT2D eigenvalue weighted by atomic mass is 32.1. The molecule has 0 saturated heterocycles. The Balaban J connectivity index is 2.81. The summed E-state index contributed by atoms with van der Waals surface area (Å²) < 4.78 is 14.6. The molecule has 0 aliphatic heterocycles. The van der Waals surface area contributed by atoms with E-state index < -0.39 is 0 Å². The molecule has 2 rings (SSSR count). The quantitative estimate of drug-likeness (QED) is 0.695. The van der Waals surface area contributed by atoms with Crippen molar-refractivity contribution in [2.75, 3.05) is 0 Å². The van der Waals surface area contributed by atoms with Gasteiger partial charge < -0.3 is 0 Å². The van der Waals surface area contributed by atoms with E-state index in [0.29, 0.717) is 0 Å². The van der Waals surface area contributed by atoms with Crippen molar-refractivity contribution in [1.82, 2.24) is 0 Å². The van der Waals surface area contributed by atoms with Gasteiger partial charge in [-0.3, -0.25) is 0 Å². The minimum Gasteiger partial charge on any atom is -0.205 e. The fraction of sp³-hybridized carbons (Fsp3) is 0.333. The van der Waals surface area contributed by atoms with Crippen LogP contribution in [0.5, 0.6) is 0 Å². The van der Waals surface area contributed by atoms with Crippen molar-refractivity contribution in [2.45, 2.75) is 26.7 Å². The van der Waals surface area contributed by atoms with E-state index in [2.05, 4.69) is 26.0 Å². The lowest BCUT2D eigenvalue weighted by molar-refractivity contribution is 0.643. The van der Waals surface area contributed by atoms with Crippen LogP contribution in [0.1, 0.15) is 25.0 Å². The summed E-state index contributed by atoms with van der Waals surface area (Å²) in [4.78, 5) is 0. The summed E-state index contributed by atoms with van der Waals surface area (Å²) >= 11 is 1.52. The Labute approximate surface area is 87.4 Å². The second-order valence-electron chi connectivity index (χ2n) is 3.38. The molecule has 0 atom stereocenters. The summed E-state index contributed by atoms with van der Waals surface area (Å²) in [5, 5.41) is 2.46. The molecular weight excluding hydrogens is 195 g/mol. The molecule has 2 heteroatoms. The minimum absolute atomic E-state index is 0.0582. The third kappa shape index (κ3) is 1.34. The fourth-order valence-electron chi connectivity index (χ4n) is 1.81. The lowest BCUT2D eigenvalue weighted by atomic mass is 10.0. The second kappa shape index (κ2) is 3.70. The molecule has 1 heterocycles. The monoisotopic (exact) mass is 208 g/mol. The van der Waals surface area contributed by atoms with Gasteiger partial charge in [0, 0.05) is 15.5 Å². The number of aryl methyl sites for hydroxylation is 2. The van der Waals surface area contributed by atoms with E-state index in [0.717, 1.165) is 28.5 Å². The zero-order valence-electron chi connectivity index (χ0n) is 8.43. The molecule has 0 unspecified atom stereocenters. The Morgan fingerprint density at radius 1 is 1.14 bits per heavy atom. The summed E-state index contributed by atoms with van der Waals surface area (Å²) in [6.07, 6.45) is 1.87. The first-order valence-corrected chi connectivity index (χ1v) is 5.83. The van der Waals surface area contributed by atoms with Crippen LogP contribution in [0.15, 0.2) is 17.5 Å². The van der Waals surface area contributed by atoms with E-state index in [-0.39, 0.29) is 5.82 Å². The number of hydrogen-bond donors (Lipinski definition) is 0. The van der Waals surface area contributed by atoms with E-state index in [1.165, 1.54) is 16.9 Å². The van der Waals surface area contributed by atoms with Crippen LogP contribution < -0.4 is 0 Å². The molecule has 0 aliphatic rings. The Morgan fingerprint density at radius 2 is 1.79 bits per heavy atom. The van der Waals surface area contributed by atoms with Crippen LogP contribution >= 0.6 is 11.3 Å². The third-order valence-electron chi connectivity index (χ3n) is 2.61. The van der Waals surface area contributed by atoms with Crippen molar-refractivity contribution in [2.24, 2.45) is 0 Å². The first-order valence-electron chi connectivity index (χ1n) is 4.95. The van der Waals surface area contributed by atoms with Gasteiger partial charge in [-0.1, -0.05) is 26.0 Å². The molecule has 0 amide bonds. The molecule has 0 nitrogen and oxygen atoms in total. The predicted molar refractivity (Wildman–Crippen MR) is 60.5 cm³/mol. The van der Waals surface area contributed by atoms with E-state index in [1.54, 1.807) is 5.38 Å². The van der Waals surface area contributed by atoms with E-state index in [9.17, 15) is 4.39 Å². The lowest BCUT2D eigenvalue weighted by Crippen LogP contribution is -1.87. The standard InChI is InChI=1S/C12H13FS/c1-3-8-5-6-9(4-2)12-11(8)10(13)7-14-12/h5-7H,3-4H2,1-2H3. The highest BCUT2D eigenvalue weighted by Crippen LogP contribution is 2.31. The zero-order valence-corrected chi connectivity index (χ0v) is 9.25. The van der Waals surface area contributed by atoms with Crippen LogP contribution in [-0.4, -0.2) is 0 Å². The van der Waals surface area contributed by atoms with Crippen molar-refractivity contribution < 1.29 is 4.39 Å². The summed E-state index contributed by atoms with van der Waals surface area (Å²) in [6.45, 7) is 4.18. The van der Waals surface area contributed by atoms with E-state index in [4.69, 9.17) is 0 Å². The SMILES string of the molecule is CCc1ccc(CC)c2c(F)csc12. The van der Waals surface area contributed by atoms with Gasteiger partial charge in [-0.05, 0) is 24.0 Å². The van der Waals surface area contributed by atoms with Gasteiger partial charge in [0.25, 0.3) is 0 Å². The second-order valence-corrected chi connectivity index (χ2v) is 4.26. The number of hydrogen-bond acceptors (Lipinski definition) is 1. The highest BCUT2D eigenvalue weighted by molar-refractivity contribution is 7.17. The lowest BCUT2D eigenvalue weighted by Gasteiger charge is -2.04. The fourth-order valence-corrected chi connectivity index (χ4v) is 2.86. The van der Waals surface area contributed by atoms with Gasteiger partial charge in [-0.25, -0.2) is 4.39 Å². The first kappa shape index (κ1) is 9.66. The topological polar surface area (TPSA) is 0 Å². The van der Waals surface area contributed by atoms with Gasteiger partial charge >= 0.3 is 0 Å². The molecular formula is C12H13FS. The molecule has 0 N–H and O–H groups in total. The Kier molecular flexibility index (Phi) is 2.55. The first-order chi connectivity index (χ1) is 6.77. The van der Waals surface area contributed by atoms with E-state index in [1.807, 2.05) is 0 Å². The van der Waals surface area contributed by atoms with Crippen molar-refractivity contribution in [3.63, 3.8) is 0 Å². The number of thiophene rings is 1. The summed E-state index contributed by atoms with van der Waals surface area (Å²) in [7, 11) is 0. The molecule has 74 valence electrons. The average Bonchev–Trinajstić information content (AvgIpc) is 2.60. The van der Waals surface area contributed by atoms with E-state index >= 15 is 0 Å². The van der Waals surface area contributed by atoms with Crippen LogP contribution in [0, 0.1) is 5.82 Å². The Morgan fingerprint density at radius 3 is 2.43 bits per heavy atom. The predicted octanol–water partition coefficient (Wildman–Crippen LogP) is 4.17. The van der Waals surface area contributed by atoms with Gasteiger partial charge in [0.2, 0.25) is 0 Å². The largest absolute Gasteiger partial charge is 0.205 e. The average molecular weight is 208 g/mol. The maximum atomic E-state index is 13.5. The van der Waals surface area contributed by atoms with Crippen molar-refractivity contribution in [1.29, 1.82) is 0 Å². The minimum atomic E-state index is -0.0582. The maximum Gasteiger partial charge on any atom is 0.142 e. The molecule has 1 aromatic carbocycles. The molecule has 0 bridgehead atoms. The normalized spacial score (nSPS) is 11.1. The molecule has 1 aromatic heterocycles. The van der Waals surface area contributed by atoms with Crippen molar-refractivity contribution in [3.05, 3.63) is 34.5 Å². The Hall–Kier alpha value is -0.890. The molecule has 0 spiro atoms. The number of benzene rings is 1. The molecule has 0 fully saturated rings. The van der Waals surface area contributed by atoms with Gasteiger partial charge in [0.1, 0.15) is 5.82 Å². The molecule has 2 aromatic rings. The van der Waals surface area contributed by atoms with Gasteiger partial charge in [0.15, 0.2) is 0 Å². The van der Waals surface area contributed by atoms with Crippen molar-refractivity contribution >= 4 is 21.4 Å². The summed E-state index contributed by atoms with van der Waals surface area (Å²) in [6, 6.07) is 4.17. The van der Waals surface area contributed by atoms with Crippen molar-refractivity contribution in [3.8, 4) is 0 Å². The van der Waals surface area contributed by atoms with Gasteiger partial charge in [-0.2, -0.15) is 0 Å². The Bertz CT molecular complexity index is 457. The van der Waals surface area contributed by atoms with Crippen LogP contribution in [0.3, 0.4) is 0 Å². The molecule has 0 aliphatic carbocycles. The number of rotatable bonds is 2. The molecule has 0 radical (unpaired) electrons. The summed E-state index contributed by atoms with van der Waals surface area (Å²) in [5.74, 6) is -0.0582. The van der Waals surface area contributed by atoms with Crippen LogP contribution in [0.4, 0.5) is 4.39 Å². The van der Waals surface area contributed by atoms with Gasteiger partial charge in [-0.15, -0.1) is 11.3 Å². The number of halogens is 1. The maximum absolute atomic E-state index is 13.5. The van der Waals surface area contributed by atoms with Crippen LogP contribution in [0.25, 0.3) is 10.1 Å². The zero-order chi connectivity index (χ0) is 10.1. The molecule has 14 heavy (non-hydrogen) atoms.